The van der Waals surface area contributed by atoms with Gasteiger partial charge in [0.05, 0.1) is 0 Å². The minimum atomic E-state index is 0.854. The molecular formula is C7H10N2. The van der Waals surface area contributed by atoms with Crippen molar-refractivity contribution in [2.24, 2.45) is 0 Å². The van der Waals surface area contributed by atoms with Gasteiger partial charge in [-0.15, -0.1) is 0 Å². The molecule has 0 unspecified atom stereocenters. The van der Waals surface area contributed by atoms with E-state index >= 15 is 0 Å². The van der Waals surface area contributed by atoms with Gasteiger partial charge in [0.1, 0.15) is 0 Å². The van der Waals surface area contributed by atoms with Gasteiger partial charge in [-0.05, 0) is 18.6 Å². The van der Waals surface area contributed by atoms with Gasteiger partial charge in [-0.2, -0.15) is 0 Å². The van der Waals surface area contributed by atoms with E-state index in [1.54, 1.807) is 0 Å². The van der Waals surface area contributed by atoms with E-state index in [9.17, 15) is 0 Å². The van der Waals surface area contributed by atoms with E-state index in [2.05, 4.69) is 5.32 Å². The van der Waals surface area contributed by atoms with Crippen LogP contribution in [0.5, 0.6) is 0 Å². The van der Waals surface area contributed by atoms with E-state index in [0.29, 0.717) is 0 Å². The molecule has 2 nitrogen and oxygen atoms in total. The van der Waals surface area contributed by atoms with Crippen LogP contribution >= 0.6 is 0 Å². The minimum Gasteiger partial charge on any atom is -0.385 e. The SMILES string of the molecule is CC1=CC(C=N)=CCN1. The molecular weight excluding hydrogens is 112 g/mol. The first-order valence-corrected chi connectivity index (χ1v) is 2.96. The van der Waals surface area contributed by atoms with Crippen molar-refractivity contribution >= 4 is 6.21 Å². The molecule has 0 aromatic rings. The average molecular weight is 122 g/mol. The van der Waals surface area contributed by atoms with Gasteiger partial charge in [0.2, 0.25) is 0 Å². The normalized spacial score (nSPS) is 17.4. The second kappa shape index (κ2) is 2.49. The van der Waals surface area contributed by atoms with Crippen molar-refractivity contribution in [2.75, 3.05) is 6.54 Å². The highest BCUT2D eigenvalue weighted by atomic mass is 14.9. The summed E-state index contributed by atoms with van der Waals surface area (Å²) in [4.78, 5) is 0. The summed E-state index contributed by atoms with van der Waals surface area (Å²) in [5, 5.41) is 10.0. The molecule has 0 spiro atoms. The summed E-state index contributed by atoms with van der Waals surface area (Å²) < 4.78 is 0. The monoisotopic (exact) mass is 122 g/mol. The van der Waals surface area contributed by atoms with E-state index in [1.165, 1.54) is 6.21 Å². The number of rotatable bonds is 1. The average Bonchev–Trinajstić information content (AvgIpc) is 1.88. The summed E-state index contributed by atoms with van der Waals surface area (Å²) in [6.07, 6.45) is 5.31. The molecule has 48 valence electrons. The van der Waals surface area contributed by atoms with Gasteiger partial charge in [-0.3, -0.25) is 0 Å². The number of hydrogen-bond donors (Lipinski definition) is 2. The van der Waals surface area contributed by atoms with Crippen molar-refractivity contribution in [3.8, 4) is 0 Å². The van der Waals surface area contributed by atoms with Gasteiger partial charge in [0, 0.05) is 18.5 Å². The van der Waals surface area contributed by atoms with Gasteiger partial charge in [0.25, 0.3) is 0 Å². The third kappa shape index (κ3) is 1.42. The third-order valence-corrected chi connectivity index (χ3v) is 1.27. The Kier molecular flexibility index (Phi) is 1.68. The van der Waals surface area contributed by atoms with Gasteiger partial charge in [0.15, 0.2) is 0 Å². The molecule has 0 bridgehead atoms. The van der Waals surface area contributed by atoms with Gasteiger partial charge >= 0.3 is 0 Å². The minimum absolute atomic E-state index is 0.854. The molecule has 1 rings (SSSR count). The molecule has 0 aromatic carbocycles. The van der Waals surface area contributed by atoms with Crippen molar-refractivity contribution in [1.29, 1.82) is 5.41 Å². The Labute approximate surface area is 54.8 Å². The third-order valence-electron chi connectivity index (χ3n) is 1.27. The summed E-state index contributed by atoms with van der Waals surface area (Å²) in [6.45, 7) is 2.85. The van der Waals surface area contributed by atoms with Crippen LogP contribution < -0.4 is 5.32 Å². The highest BCUT2D eigenvalue weighted by Gasteiger charge is 1.95. The molecule has 0 saturated carbocycles. The maximum absolute atomic E-state index is 6.92. The molecule has 2 heteroatoms. The second-order valence-electron chi connectivity index (χ2n) is 2.06. The lowest BCUT2D eigenvalue weighted by Crippen LogP contribution is -2.14. The molecule has 1 aliphatic rings. The zero-order valence-electron chi connectivity index (χ0n) is 5.44. The molecule has 9 heavy (non-hydrogen) atoms. The van der Waals surface area contributed by atoms with Crippen LogP contribution in [0.25, 0.3) is 0 Å². The summed E-state index contributed by atoms with van der Waals surface area (Å²) in [5.74, 6) is 0. The number of dihydropyridines is 1. The quantitative estimate of drug-likeness (QED) is 0.501. The number of hydrogen-bond acceptors (Lipinski definition) is 2. The van der Waals surface area contributed by atoms with Crippen molar-refractivity contribution in [3.63, 3.8) is 0 Å². The van der Waals surface area contributed by atoms with E-state index < -0.39 is 0 Å². The van der Waals surface area contributed by atoms with Crippen LogP contribution in [-0.2, 0) is 0 Å². The van der Waals surface area contributed by atoms with E-state index in [0.717, 1.165) is 17.8 Å². The lowest BCUT2D eigenvalue weighted by Gasteiger charge is -2.08. The van der Waals surface area contributed by atoms with Crippen molar-refractivity contribution < 1.29 is 0 Å². The topological polar surface area (TPSA) is 35.9 Å². The van der Waals surface area contributed by atoms with Crippen LogP contribution in [0.3, 0.4) is 0 Å². The summed E-state index contributed by atoms with van der Waals surface area (Å²) in [5.41, 5.74) is 2.13. The first-order valence-electron chi connectivity index (χ1n) is 2.96. The fourth-order valence-corrected chi connectivity index (χ4v) is 0.790. The fraction of sp³-hybridized carbons (Fsp3) is 0.286. The fourth-order valence-electron chi connectivity index (χ4n) is 0.790. The first-order chi connectivity index (χ1) is 4.33. The molecule has 0 aromatic heterocycles. The number of allylic oxidation sites excluding steroid dienone is 3. The zero-order valence-corrected chi connectivity index (χ0v) is 5.44. The van der Waals surface area contributed by atoms with Crippen LogP contribution in [0, 0.1) is 5.41 Å². The lowest BCUT2D eigenvalue weighted by molar-refractivity contribution is 0.887. The molecule has 0 atom stereocenters. The van der Waals surface area contributed by atoms with E-state index in [4.69, 9.17) is 5.41 Å². The highest BCUT2D eigenvalue weighted by Crippen LogP contribution is 2.01. The Hall–Kier alpha value is -1.05. The van der Waals surface area contributed by atoms with Crippen molar-refractivity contribution in [3.05, 3.63) is 23.4 Å². The van der Waals surface area contributed by atoms with Gasteiger partial charge < -0.3 is 10.7 Å². The van der Waals surface area contributed by atoms with Crippen LogP contribution in [-0.4, -0.2) is 12.8 Å². The standard InChI is InChI=1S/C7H10N2/c1-6-4-7(5-8)2-3-9-6/h2,4-5,8-9H,3H2,1H3. The van der Waals surface area contributed by atoms with E-state index in [1.807, 2.05) is 19.1 Å². The van der Waals surface area contributed by atoms with Crippen molar-refractivity contribution in [2.45, 2.75) is 6.92 Å². The molecule has 0 aliphatic carbocycles. The smallest absolute Gasteiger partial charge is 0.0337 e. The van der Waals surface area contributed by atoms with E-state index in [-0.39, 0.29) is 0 Å². The highest BCUT2D eigenvalue weighted by molar-refractivity contribution is 5.80. The van der Waals surface area contributed by atoms with Gasteiger partial charge in [-0.1, -0.05) is 6.08 Å². The summed E-state index contributed by atoms with van der Waals surface area (Å²) >= 11 is 0. The Morgan fingerprint density at radius 2 is 2.56 bits per heavy atom. The van der Waals surface area contributed by atoms with Crippen LogP contribution in [0.4, 0.5) is 0 Å². The van der Waals surface area contributed by atoms with Gasteiger partial charge in [-0.25, -0.2) is 0 Å². The Morgan fingerprint density at radius 1 is 1.78 bits per heavy atom. The second-order valence-corrected chi connectivity index (χ2v) is 2.06. The largest absolute Gasteiger partial charge is 0.385 e. The van der Waals surface area contributed by atoms with Crippen LogP contribution in [0.2, 0.25) is 0 Å². The Morgan fingerprint density at radius 3 is 3.00 bits per heavy atom. The molecule has 1 heterocycles. The summed E-state index contributed by atoms with van der Waals surface area (Å²) in [7, 11) is 0. The molecule has 0 saturated heterocycles. The predicted octanol–water partition coefficient (Wildman–Crippen LogP) is 1.07. The Bertz CT molecular complexity index is 177. The molecule has 1 aliphatic heterocycles. The predicted molar refractivity (Wildman–Crippen MR) is 38.6 cm³/mol. The maximum Gasteiger partial charge on any atom is 0.0337 e. The number of nitrogens with one attached hydrogen (secondary N) is 2. The molecule has 0 fully saturated rings. The van der Waals surface area contributed by atoms with Crippen molar-refractivity contribution in [1.82, 2.24) is 5.32 Å². The first kappa shape index (κ1) is 6.08. The summed E-state index contributed by atoms with van der Waals surface area (Å²) in [6, 6.07) is 0. The molecule has 2 N–H and O–H groups in total. The molecule has 0 amide bonds. The Balaban J connectivity index is 2.74. The van der Waals surface area contributed by atoms with Crippen LogP contribution in [0.15, 0.2) is 23.4 Å². The van der Waals surface area contributed by atoms with Crippen LogP contribution in [0.1, 0.15) is 6.92 Å². The maximum atomic E-state index is 6.92. The molecule has 0 radical (unpaired) electrons. The lowest BCUT2D eigenvalue weighted by atomic mass is 10.2. The zero-order chi connectivity index (χ0) is 6.69.